The van der Waals surface area contributed by atoms with Crippen molar-refractivity contribution >= 4 is 17.2 Å². The second-order valence-electron chi connectivity index (χ2n) is 3.20. The number of hydrogen-bond donors (Lipinski definition) is 0. The molecular formula is C11H6ClFN4. The minimum absolute atomic E-state index is 0.0479. The van der Waals surface area contributed by atoms with Crippen molar-refractivity contribution in [1.82, 2.24) is 19.4 Å². The van der Waals surface area contributed by atoms with Gasteiger partial charge in [0.25, 0.3) is 0 Å². The second kappa shape index (κ2) is 3.78. The van der Waals surface area contributed by atoms with Crippen LogP contribution in [-0.4, -0.2) is 19.4 Å². The van der Waals surface area contributed by atoms with Crippen LogP contribution in [0.25, 0.3) is 16.9 Å². The fourth-order valence-corrected chi connectivity index (χ4v) is 1.53. The molecule has 0 saturated heterocycles. The molecule has 0 N–H and O–H groups in total. The highest BCUT2D eigenvalue weighted by Gasteiger charge is 2.05. The first kappa shape index (κ1) is 7.34. The Balaban J connectivity index is 2.42. The normalized spacial score (nSPS) is 13.4. The van der Waals surface area contributed by atoms with E-state index in [1.54, 1.807) is 0 Å². The van der Waals surface area contributed by atoms with Gasteiger partial charge in [0.1, 0.15) is 17.1 Å². The summed E-state index contributed by atoms with van der Waals surface area (Å²) >= 11 is 5.76. The molecule has 0 atom stereocenters. The van der Waals surface area contributed by atoms with E-state index >= 15 is 0 Å². The van der Waals surface area contributed by atoms with Gasteiger partial charge >= 0.3 is 0 Å². The van der Waals surface area contributed by atoms with Crippen molar-refractivity contribution in [3.8, 4) is 11.3 Å². The second-order valence-corrected chi connectivity index (χ2v) is 3.59. The zero-order valence-electron chi connectivity index (χ0n) is 11.3. The summed E-state index contributed by atoms with van der Waals surface area (Å²) in [5, 5.41) is 0.148. The summed E-state index contributed by atoms with van der Waals surface area (Å²) in [5.41, 5.74) is 0.241. The van der Waals surface area contributed by atoms with Crippen LogP contribution in [0.2, 0.25) is 5.15 Å². The van der Waals surface area contributed by atoms with E-state index in [1.807, 2.05) is 0 Å². The molecule has 0 spiro atoms. The zero-order chi connectivity index (χ0) is 14.4. The smallest absolute Gasteiger partial charge is 0.217 e. The predicted molar refractivity (Wildman–Crippen MR) is 61.2 cm³/mol. The molecule has 0 bridgehead atoms. The first-order chi connectivity index (χ1) is 9.50. The van der Waals surface area contributed by atoms with Crippen molar-refractivity contribution in [3.05, 3.63) is 47.9 Å². The lowest BCUT2D eigenvalue weighted by molar-refractivity contribution is 0.573. The van der Waals surface area contributed by atoms with Gasteiger partial charge in [-0.25, -0.2) is 15.0 Å². The monoisotopic (exact) mass is 251 g/mol. The molecule has 0 aliphatic carbocycles. The van der Waals surface area contributed by atoms with E-state index in [0.29, 0.717) is 0 Å². The SMILES string of the molecule is [2H]c1c(-c2cc(Cl)ncn2)c([2H])c2ncc(F)n2c1[2H]. The van der Waals surface area contributed by atoms with Crippen LogP contribution in [0.5, 0.6) is 0 Å². The molecule has 0 unspecified atom stereocenters. The van der Waals surface area contributed by atoms with E-state index in [9.17, 15) is 4.39 Å². The van der Waals surface area contributed by atoms with E-state index in [1.165, 1.54) is 12.4 Å². The highest BCUT2D eigenvalue weighted by atomic mass is 35.5. The van der Waals surface area contributed by atoms with Gasteiger partial charge in [0, 0.05) is 17.8 Å². The lowest BCUT2D eigenvalue weighted by Gasteiger charge is -2.01. The Bertz CT molecular complexity index is 836. The maximum Gasteiger partial charge on any atom is 0.217 e. The standard InChI is InChI=1S/C11H6ClFN4/c12-9-4-8(15-6-16-9)7-1-2-17-10(13)5-14-11(17)3-7/h1-6H/i1D,2D,3D. The molecule has 6 heteroatoms. The summed E-state index contributed by atoms with van der Waals surface area (Å²) in [6, 6.07) is 0.862. The van der Waals surface area contributed by atoms with Gasteiger partial charge in [0.05, 0.1) is 16.0 Å². The molecule has 0 aliphatic rings. The summed E-state index contributed by atoms with van der Waals surface area (Å²) in [7, 11) is 0. The van der Waals surface area contributed by atoms with Crippen molar-refractivity contribution < 1.29 is 8.50 Å². The molecule has 3 aromatic rings. The fraction of sp³-hybridized carbons (Fsp3) is 0. The third-order valence-electron chi connectivity index (χ3n) is 2.14. The number of aromatic nitrogens is 4. The van der Waals surface area contributed by atoms with Gasteiger partial charge in [-0.1, -0.05) is 11.6 Å². The van der Waals surface area contributed by atoms with Gasteiger partial charge in [0.15, 0.2) is 0 Å². The van der Waals surface area contributed by atoms with Crippen LogP contribution in [0, 0.1) is 5.95 Å². The first-order valence-corrected chi connectivity index (χ1v) is 4.99. The number of fused-ring (bicyclic) bond motifs is 1. The van der Waals surface area contributed by atoms with E-state index in [0.717, 1.165) is 10.6 Å². The van der Waals surface area contributed by atoms with E-state index in [4.69, 9.17) is 15.7 Å². The molecule has 17 heavy (non-hydrogen) atoms. The van der Waals surface area contributed by atoms with Gasteiger partial charge in [-0.15, -0.1) is 0 Å². The van der Waals surface area contributed by atoms with Crippen LogP contribution in [-0.2, 0) is 0 Å². The van der Waals surface area contributed by atoms with Gasteiger partial charge in [-0.05, 0) is 12.1 Å². The van der Waals surface area contributed by atoms with Crippen LogP contribution < -0.4 is 0 Å². The molecule has 0 amide bonds. The Morgan fingerprint density at radius 2 is 2.24 bits per heavy atom. The Morgan fingerprint density at radius 1 is 1.35 bits per heavy atom. The van der Waals surface area contributed by atoms with E-state index < -0.39 is 12.1 Å². The van der Waals surface area contributed by atoms with Crippen LogP contribution in [0.15, 0.2) is 36.8 Å². The minimum Gasteiger partial charge on any atom is -0.276 e. The number of nitrogens with zero attached hydrogens (tertiary/aromatic N) is 4. The van der Waals surface area contributed by atoms with Gasteiger partial charge in [0.2, 0.25) is 5.95 Å². The molecule has 3 rings (SSSR count). The van der Waals surface area contributed by atoms with Crippen molar-refractivity contribution in [1.29, 1.82) is 0 Å². The van der Waals surface area contributed by atoms with Gasteiger partial charge in [-0.3, -0.25) is 4.40 Å². The minimum atomic E-state index is -0.792. The molecule has 0 aliphatic heterocycles. The largest absolute Gasteiger partial charge is 0.276 e. The summed E-state index contributed by atoms with van der Waals surface area (Å²) < 4.78 is 38.1. The third kappa shape index (κ3) is 1.74. The number of hydrogen-bond acceptors (Lipinski definition) is 3. The van der Waals surface area contributed by atoms with Crippen LogP contribution in [0.3, 0.4) is 0 Å². The fourth-order valence-electron chi connectivity index (χ4n) is 1.38. The average Bonchev–Trinajstić information content (AvgIpc) is 2.79. The van der Waals surface area contributed by atoms with Crippen LogP contribution in [0.1, 0.15) is 4.11 Å². The Labute approximate surface area is 105 Å². The molecule has 3 heterocycles. The number of imidazole rings is 1. The summed E-state index contributed by atoms with van der Waals surface area (Å²) in [5.74, 6) is -0.792. The molecule has 0 saturated carbocycles. The van der Waals surface area contributed by atoms with E-state index in [-0.39, 0.29) is 34.1 Å². The molecule has 0 radical (unpaired) electrons. The summed E-state index contributed by atoms with van der Waals surface area (Å²) in [6.45, 7) is 0. The van der Waals surface area contributed by atoms with Crippen LogP contribution >= 0.6 is 11.6 Å². The highest BCUT2D eigenvalue weighted by Crippen LogP contribution is 2.20. The topological polar surface area (TPSA) is 43.1 Å². The van der Waals surface area contributed by atoms with Crippen molar-refractivity contribution in [2.24, 2.45) is 0 Å². The number of halogens is 2. The predicted octanol–water partition coefficient (Wildman–Crippen LogP) is 2.58. The maximum absolute atomic E-state index is 13.5. The Hall–Kier alpha value is -2.01. The highest BCUT2D eigenvalue weighted by molar-refractivity contribution is 6.29. The third-order valence-corrected chi connectivity index (χ3v) is 2.34. The van der Waals surface area contributed by atoms with Gasteiger partial charge < -0.3 is 0 Å². The van der Waals surface area contributed by atoms with Crippen molar-refractivity contribution in [2.75, 3.05) is 0 Å². The quantitative estimate of drug-likeness (QED) is 0.625. The first-order valence-electron chi connectivity index (χ1n) is 6.11. The van der Waals surface area contributed by atoms with Crippen molar-refractivity contribution in [2.45, 2.75) is 0 Å². The van der Waals surface area contributed by atoms with Crippen LogP contribution in [0.4, 0.5) is 4.39 Å². The average molecular weight is 252 g/mol. The maximum atomic E-state index is 13.5. The molecule has 84 valence electrons. The molecular weight excluding hydrogens is 243 g/mol. The lowest BCUT2D eigenvalue weighted by Crippen LogP contribution is -1.90. The lowest BCUT2D eigenvalue weighted by atomic mass is 10.2. The zero-order valence-corrected chi connectivity index (χ0v) is 9.03. The summed E-state index contributed by atoms with van der Waals surface area (Å²) in [6.07, 6.45) is 1.69. The van der Waals surface area contributed by atoms with Crippen molar-refractivity contribution in [3.63, 3.8) is 0 Å². The van der Waals surface area contributed by atoms with E-state index in [2.05, 4.69) is 15.0 Å². The van der Waals surface area contributed by atoms with Gasteiger partial charge in [-0.2, -0.15) is 4.39 Å². The Kier molecular flexibility index (Phi) is 1.63. The molecule has 3 aromatic heterocycles. The number of pyridine rings is 1. The molecule has 4 nitrogen and oxygen atoms in total. The molecule has 0 fully saturated rings. The molecule has 0 aromatic carbocycles. The number of rotatable bonds is 1. The summed E-state index contributed by atoms with van der Waals surface area (Å²) in [4.78, 5) is 11.4. The Morgan fingerprint density at radius 3 is 3.06 bits per heavy atom.